The molecule has 198 valence electrons. The Bertz CT molecular complexity index is 1440. The van der Waals surface area contributed by atoms with Crippen molar-refractivity contribution in [3.63, 3.8) is 0 Å². The van der Waals surface area contributed by atoms with Crippen molar-refractivity contribution in [1.29, 1.82) is 0 Å². The molecule has 0 fully saturated rings. The number of amides is 1. The standard InChI is InChI=1S/C25H31N5O6S/c1-8-36-24(32)20-14-30(29-27-20)21-11-16(10-9-15(21)2)23(31)26-18-12-17(25(3,4)5)13-19(22(18)35-6)28-37(7,33)34/h9-14,28H,8H2,1-7H3,(H,26,31). The van der Waals surface area contributed by atoms with Gasteiger partial charge in [0.05, 0.1) is 43.2 Å². The van der Waals surface area contributed by atoms with Gasteiger partial charge in [0.25, 0.3) is 5.91 Å². The van der Waals surface area contributed by atoms with E-state index in [2.05, 4.69) is 20.4 Å². The van der Waals surface area contributed by atoms with E-state index in [0.717, 1.165) is 17.4 Å². The van der Waals surface area contributed by atoms with E-state index in [0.29, 0.717) is 16.9 Å². The number of rotatable bonds is 8. The summed E-state index contributed by atoms with van der Waals surface area (Å²) in [6.07, 6.45) is 2.47. The van der Waals surface area contributed by atoms with Crippen LogP contribution in [0.5, 0.6) is 5.75 Å². The number of nitrogens with one attached hydrogen (secondary N) is 2. The third kappa shape index (κ3) is 6.64. The minimum Gasteiger partial charge on any atom is -0.492 e. The average molecular weight is 530 g/mol. The van der Waals surface area contributed by atoms with Gasteiger partial charge in [-0.25, -0.2) is 17.9 Å². The maximum atomic E-state index is 13.3. The van der Waals surface area contributed by atoms with Crippen molar-refractivity contribution in [3.05, 3.63) is 58.9 Å². The summed E-state index contributed by atoms with van der Waals surface area (Å²) < 4.78 is 38.2. The number of carbonyl (C=O) groups is 2. The summed E-state index contributed by atoms with van der Waals surface area (Å²) >= 11 is 0. The van der Waals surface area contributed by atoms with Crippen LogP contribution in [0.15, 0.2) is 36.5 Å². The van der Waals surface area contributed by atoms with Crippen molar-refractivity contribution in [1.82, 2.24) is 15.0 Å². The lowest BCUT2D eigenvalue weighted by Gasteiger charge is -2.24. The normalized spacial score (nSPS) is 11.6. The molecule has 2 N–H and O–H groups in total. The maximum Gasteiger partial charge on any atom is 0.360 e. The fourth-order valence-corrected chi connectivity index (χ4v) is 4.07. The van der Waals surface area contributed by atoms with Gasteiger partial charge in [0.2, 0.25) is 10.0 Å². The second kappa shape index (κ2) is 10.6. The van der Waals surface area contributed by atoms with Crippen LogP contribution in [0, 0.1) is 6.92 Å². The highest BCUT2D eigenvalue weighted by Gasteiger charge is 2.23. The minimum absolute atomic E-state index is 0.0470. The zero-order chi connectivity index (χ0) is 27.5. The van der Waals surface area contributed by atoms with Gasteiger partial charge in [0, 0.05) is 5.56 Å². The van der Waals surface area contributed by atoms with Crippen molar-refractivity contribution in [3.8, 4) is 11.4 Å². The van der Waals surface area contributed by atoms with Gasteiger partial charge in [-0.15, -0.1) is 5.10 Å². The highest BCUT2D eigenvalue weighted by atomic mass is 32.2. The first-order chi connectivity index (χ1) is 17.2. The maximum absolute atomic E-state index is 13.3. The Hall–Kier alpha value is -3.93. The molecule has 0 radical (unpaired) electrons. The molecule has 3 rings (SSSR count). The predicted molar refractivity (Wildman–Crippen MR) is 140 cm³/mol. The Labute approximate surface area is 216 Å². The first-order valence-electron chi connectivity index (χ1n) is 11.5. The number of anilines is 2. The van der Waals surface area contributed by atoms with E-state index in [1.165, 1.54) is 18.0 Å². The quantitative estimate of drug-likeness (QED) is 0.421. The Kier molecular flexibility index (Phi) is 7.91. The molecule has 1 amide bonds. The second-order valence-corrected chi connectivity index (χ2v) is 11.2. The van der Waals surface area contributed by atoms with Gasteiger partial charge in [0.1, 0.15) is 0 Å². The van der Waals surface area contributed by atoms with Gasteiger partial charge in [-0.1, -0.05) is 32.1 Å². The number of sulfonamides is 1. The molecule has 2 aromatic carbocycles. The number of aromatic nitrogens is 3. The number of ether oxygens (including phenoxy) is 2. The number of aryl methyl sites for hydroxylation is 1. The van der Waals surface area contributed by atoms with E-state index in [9.17, 15) is 18.0 Å². The molecule has 1 heterocycles. The number of benzene rings is 2. The number of nitrogens with zero attached hydrogens (tertiary/aromatic N) is 3. The van der Waals surface area contributed by atoms with Crippen LogP contribution in [0.25, 0.3) is 5.69 Å². The molecule has 0 atom stereocenters. The van der Waals surface area contributed by atoms with E-state index >= 15 is 0 Å². The second-order valence-electron chi connectivity index (χ2n) is 9.45. The first kappa shape index (κ1) is 27.7. The molecular weight excluding hydrogens is 498 g/mol. The lowest BCUT2D eigenvalue weighted by molar-refractivity contribution is 0.0519. The summed E-state index contributed by atoms with van der Waals surface area (Å²) in [6, 6.07) is 8.44. The predicted octanol–water partition coefficient (Wildman–Crippen LogP) is 3.68. The van der Waals surface area contributed by atoms with Crippen LogP contribution in [-0.4, -0.2) is 55.3 Å². The van der Waals surface area contributed by atoms with Crippen LogP contribution in [0.2, 0.25) is 0 Å². The molecule has 0 bridgehead atoms. The van der Waals surface area contributed by atoms with Crippen LogP contribution in [0.4, 0.5) is 11.4 Å². The zero-order valence-corrected chi connectivity index (χ0v) is 22.7. The fourth-order valence-electron chi connectivity index (χ4n) is 3.52. The van der Waals surface area contributed by atoms with Gasteiger partial charge in [-0.2, -0.15) is 0 Å². The summed E-state index contributed by atoms with van der Waals surface area (Å²) in [7, 11) is -2.22. The molecule has 0 aliphatic carbocycles. The van der Waals surface area contributed by atoms with Gasteiger partial charge >= 0.3 is 5.97 Å². The monoisotopic (exact) mass is 529 g/mol. The smallest absolute Gasteiger partial charge is 0.360 e. The van der Waals surface area contributed by atoms with Crippen LogP contribution in [0.3, 0.4) is 0 Å². The summed E-state index contributed by atoms with van der Waals surface area (Å²) in [6.45, 7) is 9.66. The van der Waals surface area contributed by atoms with E-state index in [4.69, 9.17) is 9.47 Å². The van der Waals surface area contributed by atoms with E-state index in [-0.39, 0.29) is 29.2 Å². The number of hydrogen-bond acceptors (Lipinski definition) is 8. The molecule has 0 spiro atoms. The lowest BCUT2D eigenvalue weighted by Crippen LogP contribution is -2.18. The Morgan fingerprint density at radius 2 is 1.78 bits per heavy atom. The van der Waals surface area contributed by atoms with Crippen molar-refractivity contribution < 1.29 is 27.5 Å². The SMILES string of the molecule is CCOC(=O)c1cn(-c2cc(C(=O)Nc3cc(C(C)(C)C)cc(NS(C)(=O)=O)c3OC)ccc2C)nn1. The first-order valence-corrected chi connectivity index (χ1v) is 13.3. The van der Waals surface area contributed by atoms with Crippen LogP contribution < -0.4 is 14.8 Å². The average Bonchev–Trinajstić information content (AvgIpc) is 3.28. The highest BCUT2D eigenvalue weighted by Crippen LogP contribution is 2.39. The van der Waals surface area contributed by atoms with Crippen molar-refractivity contribution in [2.75, 3.05) is 30.0 Å². The van der Waals surface area contributed by atoms with Crippen molar-refractivity contribution in [2.45, 2.75) is 40.0 Å². The molecule has 11 nitrogen and oxygen atoms in total. The van der Waals surface area contributed by atoms with Crippen LogP contribution >= 0.6 is 0 Å². The van der Waals surface area contributed by atoms with E-state index < -0.39 is 21.9 Å². The van der Waals surface area contributed by atoms with E-state index in [1.54, 1.807) is 37.3 Å². The van der Waals surface area contributed by atoms with Gasteiger partial charge < -0.3 is 14.8 Å². The highest BCUT2D eigenvalue weighted by molar-refractivity contribution is 7.92. The number of methoxy groups -OCH3 is 1. The summed E-state index contributed by atoms with van der Waals surface area (Å²) in [5, 5.41) is 10.7. The number of esters is 1. The number of carbonyl (C=O) groups excluding carboxylic acids is 2. The molecule has 12 heteroatoms. The fraction of sp³-hybridized carbons (Fsp3) is 0.360. The lowest BCUT2D eigenvalue weighted by atomic mass is 9.86. The largest absolute Gasteiger partial charge is 0.492 e. The molecule has 3 aromatic rings. The molecule has 0 aliphatic rings. The summed E-state index contributed by atoms with van der Waals surface area (Å²) in [4.78, 5) is 25.3. The van der Waals surface area contributed by atoms with Crippen LogP contribution in [0.1, 0.15) is 59.7 Å². The Morgan fingerprint density at radius 3 is 2.38 bits per heavy atom. The third-order valence-corrected chi connectivity index (χ3v) is 5.99. The summed E-state index contributed by atoms with van der Waals surface area (Å²) in [5.41, 5.74) is 2.65. The number of hydrogen-bond donors (Lipinski definition) is 2. The molecule has 0 saturated carbocycles. The molecule has 37 heavy (non-hydrogen) atoms. The van der Waals surface area contributed by atoms with Gasteiger partial charge in [-0.05, 0) is 54.7 Å². The third-order valence-electron chi connectivity index (χ3n) is 5.40. The van der Waals surface area contributed by atoms with Crippen LogP contribution in [-0.2, 0) is 20.2 Å². The molecule has 0 unspecified atom stereocenters. The van der Waals surface area contributed by atoms with Gasteiger partial charge in [-0.3, -0.25) is 9.52 Å². The van der Waals surface area contributed by atoms with Gasteiger partial charge in [0.15, 0.2) is 11.4 Å². The molecule has 0 saturated heterocycles. The van der Waals surface area contributed by atoms with Crippen molar-refractivity contribution in [2.24, 2.45) is 0 Å². The molecule has 1 aromatic heterocycles. The summed E-state index contributed by atoms with van der Waals surface area (Å²) in [5.74, 6) is -0.874. The van der Waals surface area contributed by atoms with Crippen molar-refractivity contribution >= 4 is 33.3 Å². The Balaban J connectivity index is 2.01. The Morgan fingerprint density at radius 1 is 1.11 bits per heavy atom. The minimum atomic E-state index is -3.61. The molecular formula is C25H31N5O6S. The zero-order valence-electron chi connectivity index (χ0n) is 21.9. The topological polar surface area (TPSA) is 142 Å². The molecule has 0 aliphatic heterocycles. The van der Waals surface area contributed by atoms with E-state index in [1.807, 2.05) is 27.7 Å².